The van der Waals surface area contributed by atoms with Crippen LogP contribution in [0.1, 0.15) is 6.92 Å². The molecular formula is C6H10ClN3O2S. The number of nitrogens with zero attached hydrogens (tertiary/aromatic N) is 2. The molecule has 0 bridgehead atoms. The summed E-state index contributed by atoms with van der Waals surface area (Å²) in [6, 6.07) is 0. The molecule has 0 atom stereocenters. The van der Waals surface area contributed by atoms with Gasteiger partial charge in [0.2, 0.25) is 5.03 Å². The molecule has 74 valence electrons. The van der Waals surface area contributed by atoms with Gasteiger partial charge in [0.15, 0.2) is 0 Å². The molecule has 0 saturated carbocycles. The Kier molecular flexibility index (Phi) is 2.94. The summed E-state index contributed by atoms with van der Waals surface area (Å²) >= 11 is 5.71. The van der Waals surface area contributed by atoms with E-state index < -0.39 is 10.0 Å². The Labute approximate surface area is 81.8 Å². The fraction of sp³-hybridized carbons (Fsp3) is 0.500. The summed E-state index contributed by atoms with van der Waals surface area (Å²) < 4.78 is 26.5. The number of aryl methyl sites for hydroxylation is 1. The van der Waals surface area contributed by atoms with Gasteiger partial charge in [-0.2, -0.15) is 0 Å². The lowest BCUT2D eigenvalue weighted by Crippen LogP contribution is -2.23. The number of halogens is 1. The molecule has 0 saturated heterocycles. The van der Waals surface area contributed by atoms with E-state index >= 15 is 0 Å². The second-order valence-electron chi connectivity index (χ2n) is 2.45. The topological polar surface area (TPSA) is 64.0 Å². The maximum atomic E-state index is 11.4. The summed E-state index contributed by atoms with van der Waals surface area (Å²) in [5.74, 6) is 0. The van der Waals surface area contributed by atoms with E-state index in [-0.39, 0.29) is 10.2 Å². The lowest BCUT2D eigenvalue weighted by atomic mass is 10.8. The highest BCUT2D eigenvalue weighted by Gasteiger charge is 2.20. The van der Waals surface area contributed by atoms with Crippen LogP contribution < -0.4 is 4.72 Å². The Balaban J connectivity index is 3.15. The Morgan fingerprint density at radius 1 is 1.69 bits per heavy atom. The number of nitrogens with one attached hydrogen (secondary N) is 1. The standard InChI is InChI=1S/C6H10ClN3O2S/c1-3-9-13(11,12)6-5(7)10(2)4-8-6/h4,9H,3H2,1-2H3. The maximum absolute atomic E-state index is 11.4. The maximum Gasteiger partial charge on any atom is 0.261 e. The first-order valence-electron chi connectivity index (χ1n) is 3.65. The van der Waals surface area contributed by atoms with Crippen molar-refractivity contribution in [2.45, 2.75) is 11.9 Å². The van der Waals surface area contributed by atoms with Crippen molar-refractivity contribution in [3.05, 3.63) is 11.5 Å². The Bertz CT molecular complexity index is 398. The summed E-state index contributed by atoms with van der Waals surface area (Å²) in [6.07, 6.45) is 1.35. The first-order chi connectivity index (χ1) is 5.99. The Hall–Kier alpha value is -0.590. The lowest BCUT2D eigenvalue weighted by Gasteiger charge is -2.00. The van der Waals surface area contributed by atoms with Gasteiger partial charge in [0, 0.05) is 13.6 Å². The van der Waals surface area contributed by atoms with Crippen LogP contribution in [0.25, 0.3) is 0 Å². The molecule has 1 rings (SSSR count). The van der Waals surface area contributed by atoms with Crippen molar-refractivity contribution in [3.63, 3.8) is 0 Å². The molecule has 0 aliphatic carbocycles. The molecule has 0 aromatic carbocycles. The first kappa shape index (κ1) is 10.5. The molecule has 1 aromatic heterocycles. The normalized spacial score (nSPS) is 11.9. The molecule has 0 aliphatic heterocycles. The number of aromatic nitrogens is 2. The molecule has 0 amide bonds. The van der Waals surface area contributed by atoms with Crippen LogP contribution in [-0.4, -0.2) is 24.5 Å². The van der Waals surface area contributed by atoms with Crippen LogP contribution in [0, 0.1) is 0 Å². The van der Waals surface area contributed by atoms with Crippen LogP contribution in [-0.2, 0) is 17.1 Å². The van der Waals surface area contributed by atoms with Crippen molar-refractivity contribution in [2.24, 2.45) is 7.05 Å². The van der Waals surface area contributed by atoms with Gasteiger partial charge in [-0.05, 0) is 0 Å². The van der Waals surface area contributed by atoms with E-state index in [0.29, 0.717) is 6.54 Å². The minimum atomic E-state index is -3.53. The molecule has 1 N–H and O–H groups in total. The summed E-state index contributed by atoms with van der Waals surface area (Å²) in [4.78, 5) is 3.69. The third kappa shape index (κ3) is 2.01. The molecule has 0 spiro atoms. The molecule has 7 heteroatoms. The van der Waals surface area contributed by atoms with Crippen LogP contribution in [0.15, 0.2) is 11.4 Å². The predicted octanol–water partition coefficient (Wildman–Crippen LogP) is 0.372. The Morgan fingerprint density at radius 2 is 2.31 bits per heavy atom. The molecule has 0 unspecified atom stereocenters. The molecular weight excluding hydrogens is 214 g/mol. The minimum absolute atomic E-state index is 0.112. The van der Waals surface area contributed by atoms with Crippen molar-refractivity contribution >= 4 is 21.6 Å². The van der Waals surface area contributed by atoms with Crippen LogP contribution in [0.4, 0.5) is 0 Å². The fourth-order valence-corrected chi connectivity index (χ4v) is 2.30. The summed E-state index contributed by atoms with van der Waals surface area (Å²) in [6.45, 7) is 2.00. The smallest absolute Gasteiger partial charge is 0.261 e. The molecule has 13 heavy (non-hydrogen) atoms. The SMILES string of the molecule is CCNS(=O)(=O)c1ncn(C)c1Cl. The van der Waals surface area contributed by atoms with Gasteiger partial charge >= 0.3 is 0 Å². The van der Waals surface area contributed by atoms with E-state index in [4.69, 9.17) is 11.6 Å². The average Bonchev–Trinajstić information content (AvgIpc) is 2.33. The van der Waals surface area contributed by atoms with Crippen LogP contribution >= 0.6 is 11.6 Å². The van der Waals surface area contributed by atoms with E-state index in [9.17, 15) is 8.42 Å². The van der Waals surface area contributed by atoms with Crippen molar-refractivity contribution in [1.29, 1.82) is 0 Å². The minimum Gasteiger partial charge on any atom is -0.324 e. The molecule has 1 heterocycles. The Morgan fingerprint density at radius 3 is 2.69 bits per heavy atom. The number of imidazole rings is 1. The van der Waals surface area contributed by atoms with Crippen molar-refractivity contribution in [2.75, 3.05) is 6.54 Å². The summed E-state index contributed by atoms with van der Waals surface area (Å²) in [5, 5.41) is -0.0144. The van der Waals surface area contributed by atoms with Crippen molar-refractivity contribution in [1.82, 2.24) is 14.3 Å². The van der Waals surface area contributed by atoms with Gasteiger partial charge < -0.3 is 4.57 Å². The molecule has 0 radical (unpaired) electrons. The molecule has 5 nitrogen and oxygen atoms in total. The van der Waals surface area contributed by atoms with Crippen LogP contribution in [0.3, 0.4) is 0 Å². The second-order valence-corrected chi connectivity index (χ2v) is 4.49. The summed E-state index contributed by atoms with van der Waals surface area (Å²) in [7, 11) is -1.91. The zero-order valence-electron chi connectivity index (χ0n) is 7.28. The van der Waals surface area contributed by atoms with Crippen molar-refractivity contribution < 1.29 is 8.42 Å². The number of sulfonamides is 1. The van der Waals surface area contributed by atoms with Crippen molar-refractivity contribution in [3.8, 4) is 0 Å². The average molecular weight is 224 g/mol. The van der Waals surface area contributed by atoms with Crippen LogP contribution in [0.5, 0.6) is 0 Å². The third-order valence-corrected chi connectivity index (χ3v) is 3.46. The summed E-state index contributed by atoms with van der Waals surface area (Å²) in [5.41, 5.74) is 0. The lowest BCUT2D eigenvalue weighted by molar-refractivity contribution is 0.580. The first-order valence-corrected chi connectivity index (χ1v) is 5.51. The highest BCUT2D eigenvalue weighted by Crippen LogP contribution is 2.17. The van der Waals surface area contributed by atoms with Gasteiger partial charge in [0.25, 0.3) is 10.0 Å². The largest absolute Gasteiger partial charge is 0.324 e. The highest BCUT2D eigenvalue weighted by atomic mass is 35.5. The van der Waals surface area contributed by atoms with Gasteiger partial charge in [-0.1, -0.05) is 18.5 Å². The van der Waals surface area contributed by atoms with Gasteiger partial charge in [-0.3, -0.25) is 0 Å². The quantitative estimate of drug-likeness (QED) is 0.806. The number of rotatable bonds is 3. The van der Waals surface area contributed by atoms with Gasteiger partial charge in [0.1, 0.15) is 5.15 Å². The van der Waals surface area contributed by atoms with E-state index in [0.717, 1.165) is 0 Å². The van der Waals surface area contributed by atoms with Gasteiger partial charge in [-0.25, -0.2) is 18.1 Å². The van der Waals surface area contributed by atoms with Gasteiger partial charge in [-0.15, -0.1) is 0 Å². The number of hydrogen-bond acceptors (Lipinski definition) is 3. The molecule has 1 aromatic rings. The van der Waals surface area contributed by atoms with E-state index in [2.05, 4.69) is 9.71 Å². The fourth-order valence-electron chi connectivity index (χ4n) is 0.832. The van der Waals surface area contributed by atoms with Crippen LogP contribution in [0.2, 0.25) is 5.15 Å². The molecule has 0 fully saturated rings. The van der Waals surface area contributed by atoms with E-state index in [1.165, 1.54) is 10.9 Å². The molecule has 0 aliphatic rings. The van der Waals surface area contributed by atoms with E-state index in [1.807, 2.05) is 0 Å². The second kappa shape index (κ2) is 3.65. The zero-order chi connectivity index (χ0) is 10.1. The van der Waals surface area contributed by atoms with Gasteiger partial charge in [0.05, 0.1) is 6.33 Å². The predicted molar refractivity (Wildman–Crippen MR) is 49.1 cm³/mol. The zero-order valence-corrected chi connectivity index (χ0v) is 8.85. The monoisotopic (exact) mass is 223 g/mol. The number of hydrogen-bond donors (Lipinski definition) is 1. The third-order valence-electron chi connectivity index (χ3n) is 1.42. The van der Waals surface area contributed by atoms with E-state index in [1.54, 1.807) is 14.0 Å². The highest BCUT2D eigenvalue weighted by molar-refractivity contribution is 7.89.